The molecule has 0 aliphatic carbocycles. The number of nitrogens with one attached hydrogen (secondary N) is 1. The Balaban J connectivity index is 2.23. The Morgan fingerprint density at radius 2 is 2.24 bits per heavy atom. The minimum Gasteiger partial charge on any atom is -0.383 e. The molecule has 2 heterocycles. The molecular weight excluding hydrogens is 272 g/mol. The maximum atomic E-state index is 11.9. The van der Waals surface area contributed by atoms with Gasteiger partial charge in [0.2, 0.25) is 11.9 Å². The van der Waals surface area contributed by atoms with E-state index in [9.17, 15) is 4.79 Å². The Hall–Kier alpha value is -2.09. The summed E-state index contributed by atoms with van der Waals surface area (Å²) in [5, 5.41) is 7.22. The summed E-state index contributed by atoms with van der Waals surface area (Å²) < 4.78 is 8.31. The number of methoxy groups -OCH3 is 1. The number of hydrogen-bond donors (Lipinski definition) is 2. The van der Waals surface area contributed by atoms with Gasteiger partial charge >= 0.3 is 0 Å². The number of imidazole rings is 1. The van der Waals surface area contributed by atoms with Gasteiger partial charge in [0.05, 0.1) is 12.3 Å². The highest BCUT2D eigenvalue weighted by Gasteiger charge is 2.18. The Morgan fingerprint density at radius 3 is 2.90 bits per heavy atom. The van der Waals surface area contributed by atoms with Gasteiger partial charge in [-0.2, -0.15) is 5.10 Å². The molecule has 0 fully saturated rings. The quantitative estimate of drug-likeness (QED) is 0.704. The first kappa shape index (κ1) is 15.3. The molecule has 0 saturated carbocycles. The van der Waals surface area contributed by atoms with Crippen molar-refractivity contribution in [1.82, 2.24) is 24.6 Å². The van der Waals surface area contributed by atoms with Gasteiger partial charge in [-0.1, -0.05) is 13.3 Å². The van der Waals surface area contributed by atoms with Crippen molar-refractivity contribution in [2.75, 3.05) is 26.0 Å². The van der Waals surface area contributed by atoms with Crippen molar-refractivity contribution in [3.8, 4) is 0 Å². The molecule has 0 aromatic carbocycles. The Bertz CT molecular complexity index is 630. The van der Waals surface area contributed by atoms with Gasteiger partial charge in [0.1, 0.15) is 12.1 Å². The number of nitrogens with two attached hydrogens (primary N) is 1. The van der Waals surface area contributed by atoms with Gasteiger partial charge in [-0.3, -0.25) is 14.0 Å². The smallest absolute Gasteiger partial charge is 0.240 e. The number of carbonyl (C=O) groups excluding carboxylic acids is 1. The summed E-state index contributed by atoms with van der Waals surface area (Å²) in [5.41, 5.74) is 8.41. The summed E-state index contributed by atoms with van der Waals surface area (Å²) in [6.45, 7) is 3.16. The summed E-state index contributed by atoms with van der Waals surface area (Å²) in [6.07, 6.45) is 1.82. The van der Waals surface area contributed by atoms with Gasteiger partial charge in [0.25, 0.3) is 0 Å². The lowest BCUT2D eigenvalue weighted by molar-refractivity contribution is -0.121. The number of hydrogen-bond acceptors (Lipinski definition) is 5. The molecule has 2 rings (SSSR count). The van der Waals surface area contributed by atoms with Crippen LogP contribution in [0.2, 0.25) is 0 Å². The second-order valence-corrected chi connectivity index (χ2v) is 4.89. The molecule has 0 atom stereocenters. The zero-order valence-corrected chi connectivity index (χ0v) is 12.7. The molecule has 3 N–H and O–H groups in total. The van der Waals surface area contributed by atoms with Crippen LogP contribution in [0, 0.1) is 0 Å². The summed E-state index contributed by atoms with van der Waals surface area (Å²) in [5.74, 6) is 0.202. The third-order valence-corrected chi connectivity index (χ3v) is 3.24. The van der Waals surface area contributed by atoms with Crippen molar-refractivity contribution in [2.24, 2.45) is 7.05 Å². The van der Waals surface area contributed by atoms with E-state index < -0.39 is 0 Å². The maximum Gasteiger partial charge on any atom is 0.240 e. The number of fused-ring (bicyclic) bond motifs is 1. The average Bonchev–Trinajstić information content (AvgIpc) is 2.90. The first-order chi connectivity index (χ1) is 10.1. The first-order valence-corrected chi connectivity index (χ1v) is 7.01. The fourth-order valence-electron chi connectivity index (χ4n) is 2.31. The van der Waals surface area contributed by atoms with Crippen LogP contribution in [-0.2, 0) is 29.5 Å². The number of ether oxygens (including phenoxy) is 1. The maximum absolute atomic E-state index is 11.9. The molecule has 2 aromatic rings. The molecular formula is C13H22N6O2. The molecule has 116 valence electrons. The van der Waals surface area contributed by atoms with Crippen molar-refractivity contribution in [1.29, 1.82) is 0 Å². The van der Waals surface area contributed by atoms with Crippen LogP contribution in [0.4, 0.5) is 5.95 Å². The van der Waals surface area contributed by atoms with Gasteiger partial charge in [-0.15, -0.1) is 0 Å². The minimum absolute atomic E-state index is 0.122. The van der Waals surface area contributed by atoms with Gasteiger partial charge in [0.15, 0.2) is 5.65 Å². The van der Waals surface area contributed by atoms with Crippen LogP contribution >= 0.6 is 0 Å². The van der Waals surface area contributed by atoms with Crippen molar-refractivity contribution in [2.45, 2.75) is 26.3 Å². The number of aromatic nitrogens is 4. The molecule has 8 nitrogen and oxygen atoms in total. The van der Waals surface area contributed by atoms with Crippen LogP contribution < -0.4 is 11.1 Å². The van der Waals surface area contributed by atoms with Gasteiger partial charge in [0, 0.05) is 20.7 Å². The first-order valence-electron chi connectivity index (χ1n) is 7.01. The predicted octanol–water partition coefficient (Wildman–Crippen LogP) is 0.0671. The van der Waals surface area contributed by atoms with Gasteiger partial charge in [-0.25, -0.2) is 4.98 Å². The van der Waals surface area contributed by atoms with E-state index in [1.807, 2.05) is 7.05 Å². The normalized spacial score (nSPS) is 11.2. The molecule has 0 bridgehead atoms. The number of nitrogen functional groups attached to an aromatic ring is 1. The standard InChI is InChI=1S/C13H22N6O2/c1-4-5-9-11-12(18(2)17-9)19(13(14)16-11)8-10(20)15-6-7-21-3/h4-8H2,1-3H3,(H2,14,16)(H,15,20). The fourth-order valence-corrected chi connectivity index (χ4v) is 2.31. The van der Waals surface area contributed by atoms with E-state index in [-0.39, 0.29) is 12.5 Å². The molecule has 0 aliphatic heterocycles. The number of rotatable bonds is 7. The lowest BCUT2D eigenvalue weighted by Gasteiger charge is -2.07. The van der Waals surface area contributed by atoms with Crippen molar-refractivity contribution < 1.29 is 9.53 Å². The fraction of sp³-hybridized carbons (Fsp3) is 0.615. The highest BCUT2D eigenvalue weighted by Crippen LogP contribution is 2.21. The summed E-state index contributed by atoms with van der Waals surface area (Å²) in [7, 11) is 3.43. The predicted molar refractivity (Wildman–Crippen MR) is 79.8 cm³/mol. The van der Waals surface area contributed by atoms with Crippen molar-refractivity contribution in [3.63, 3.8) is 0 Å². The number of nitrogens with zero attached hydrogens (tertiary/aromatic N) is 4. The van der Waals surface area contributed by atoms with E-state index in [2.05, 4.69) is 22.3 Å². The van der Waals surface area contributed by atoms with Crippen molar-refractivity contribution in [3.05, 3.63) is 5.69 Å². The van der Waals surface area contributed by atoms with Crippen molar-refractivity contribution >= 4 is 23.0 Å². The Morgan fingerprint density at radius 1 is 1.48 bits per heavy atom. The number of aryl methyl sites for hydroxylation is 2. The topological polar surface area (TPSA) is 100.0 Å². The molecule has 2 aromatic heterocycles. The van der Waals surface area contributed by atoms with E-state index in [1.54, 1.807) is 16.4 Å². The van der Waals surface area contributed by atoms with E-state index >= 15 is 0 Å². The monoisotopic (exact) mass is 294 g/mol. The van der Waals surface area contributed by atoms with Crippen LogP contribution in [0.5, 0.6) is 0 Å². The van der Waals surface area contributed by atoms with Crippen LogP contribution in [0.1, 0.15) is 19.0 Å². The largest absolute Gasteiger partial charge is 0.383 e. The van der Waals surface area contributed by atoms with E-state index in [1.165, 1.54) is 0 Å². The van der Waals surface area contributed by atoms with Crippen LogP contribution in [0.25, 0.3) is 11.2 Å². The molecule has 0 saturated heterocycles. The summed E-state index contributed by atoms with van der Waals surface area (Å²) in [6, 6.07) is 0. The lowest BCUT2D eigenvalue weighted by Crippen LogP contribution is -2.30. The highest BCUT2D eigenvalue weighted by molar-refractivity contribution is 5.82. The molecule has 0 radical (unpaired) electrons. The Labute approximate surface area is 123 Å². The highest BCUT2D eigenvalue weighted by atomic mass is 16.5. The van der Waals surface area contributed by atoms with E-state index in [0.717, 1.165) is 29.7 Å². The molecule has 8 heteroatoms. The third-order valence-electron chi connectivity index (χ3n) is 3.24. The second-order valence-electron chi connectivity index (χ2n) is 4.89. The molecule has 1 amide bonds. The van der Waals surface area contributed by atoms with Crippen LogP contribution in [0.15, 0.2) is 0 Å². The van der Waals surface area contributed by atoms with E-state index in [0.29, 0.717) is 19.1 Å². The third kappa shape index (κ3) is 3.15. The molecule has 21 heavy (non-hydrogen) atoms. The number of amides is 1. The van der Waals surface area contributed by atoms with Gasteiger partial charge < -0.3 is 15.8 Å². The molecule has 0 spiro atoms. The number of carbonyl (C=O) groups is 1. The van der Waals surface area contributed by atoms with Gasteiger partial charge in [-0.05, 0) is 6.42 Å². The molecule has 0 aliphatic rings. The minimum atomic E-state index is -0.128. The summed E-state index contributed by atoms with van der Waals surface area (Å²) in [4.78, 5) is 16.3. The van der Waals surface area contributed by atoms with Crippen LogP contribution in [0.3, 0.4) is 0 Å². The molecule has 0 unspecified atom stereocenters. The summed E-state index contributed by atoms with van der Waals surface area (Å²) >= 11 is 0. The SMILES string of the molecule is CCCc1nn(C)c2c1nc(N)n2CC(=O)NCCOC. The zero-order chi connectivity index (χ0) is 15.4. The van der Waals surface area contributed by atoms with Crippen LogP contribution in [-0.4, -0.2) is 45.5 Å². The number of anilines is 1. The lowest BCUT2D eigenvalue weighted by atomic mass is 10.2. The zero-order valence-electron chi connectivity index (χ0n) is 12.7. The van der Waals surface area contributed by atoms with E-state index in [4.69, 9.17) is 10.5 Å². The second kappa shape index (κ2) is 6.57. The Kier molecular flexibility index (Phi) is 4.79. The average molecular weight is 294 g/mol.